The van der Waals surface area contributed by atoms with Crippen LogP contribution >= 0.6 is 15.6 Å². The molecule has 0 bridgehead atoms. The van der Waals surface area contributed by atoms with Gasteiger partial charge in [-0.15, -0.1) is 0 Å². The SMILES string of the molecule is CC/C=C\C/C=C\C/C=C\C/C=C\C/C=C\C/C=C\CCC(=O)OC(COC(=O)CCCCCCCCCCC/C=C\C/C=C\C/C=C\C/C=C\C/C=C\CC)COP(=O)(O)OCC(O)COP(=O)(O)OCC(O)COC(=O)CCCCCCCCCCCCCCCCC/C=C\C/C=C\C/C=C\C/C=C\CCCCC. The average molecular weight is 1590 g/mol. The lowest BCUT2D eigenvalue weighted by Crippen LogP contribution is -2.29. The maximum absolute atomic E-state index is 13.0. The van der Waals surface area contributed by atoms with Gasteiger partial charge in [-0.05, 0) is 148 Å². The minimum Gasteiger partial charge on any atom is -0.463 e. The molecule has 5 unspecified atom stereocenters. The first kappa shape index (κ1) is 106. The summed E-state index contributed by atoms with van der Waals surface area (Å²) >= 11 is 0. The van der Waals surface area contributed by atoms with E-state index in [1.165, 1.54) is 128 Å². The van der Waals surface area contributed by atoms with E-state index in [9.17, 15) is 43.5 Å². The molecule has 0 aromatic rings. The number of phosphoric acid groups is 2. The molecule has 0 spiro atoms. The first-order valence-corrected chi connectivity index (χ1v) is 46.1. The Bertz CT molecular complexity index is 2750. The number of ether oxygens (including phenoxy) is 3. The molecule has 0 amide bonds. The van der Waals surface area contributed by atoms with E-state index in [-0.39, 0.29) is 19.3 Å². The summed E-state index contributed by atoms with van der Waals surface area (Å²) in [6.45, 7) is 2.34. The molecule has 0 radical (unpaired) electrons. The Morgan fingerprint density at radius 3 is 0.793 bits per heavy atom. The van der Waals surface area contributed by atoms with Crippen LogP contribution in [0.1, 0.15) is 329 Å². The number of rotatable bonds is 80. The van der Waals surface area contributed by atoms with Crippen LogP contribution in [0.4, 0.5) is 0 Å². The Morgan fingerprint density at radius 1 is 0.261 bits per heavy atom. The Morgan fingerprint density at radius 2 is 0.495 bits per heavy atom. The minimum atomic E-state index is -4.96. The first-order valence-electron chi connectivity index (χ1n) is 43.1. The number of esters is 3. The van der Waals surface area contributed by atoms with Gasteiger partial charge in [0.15, 0.2) is 6.10 Å². The van der Waals surface area contributed by atoms with Gasteiger partial charge in [0.1, 0.15) is 25.4 Å². The predicted molar refractivity (Wildman–Crippen MR) is 463 cm³/mol. The minimum absolute atomic E-state index is 0.0283. The summed E-state index contributed by atoms with van der Waals surface area (Å²) in [7, 11) is -9.84. The third-order valence-electron chi connectivity index (χ3n) is 17.6. The van der Waals surface area contributed by atoms with Crippen LogP contribution in [0, 0.1) is 0 Å². The largest absolute Gasteiger partial charge is 0.472 e. The van der Waals surface area contributed by atoms with Gasteiger partial charge in [0, 0.05) is 19.3 Å². The number of allylic oxidation sites excluding steroid dienone is 30. The number of hydrogen-bond donors (Lipinski definition) is 4. The highest BCUT2D eigenvalue weighted by atomic mass is 31.2. The molecule has 111 heavy (non-hydrogen) atoms. The van der Waals surface area contributed by atoms with Crippen molar-refractivity contribution >= 4 is 33.6 Å². The Kier molecular flexibility index (Phi) is 80.0. The molecule has 632 valence electrons. The van der Waals surface area contributed by atoms with Crippen LogP contribution in [0.2, 0.25) is 0 Å². The maximum Gasteiger partial charge on any atom is 0.472 e. The third-order valence-corrected chi connectivity index (χ3v) is 19.5. The van der Waals surface area contributed by atoms with E-state index >= 15 is 0 Å². The van der Waals surface area contributed by atoms with Crippen LogP contribution in [0.5, 0.6) is 0 Å². The standard InChI is InChI=1S/C93H154O16P2/c1-4-7-10-13-16-19-22-25-28-31-34-36-38-40-41-42-43-44-45-47-49-50-53-55-58-61-64-67-70-73-76-79-91(96)103-82-88(94)83-105-110(99,100)106-84-89(95)85-107-111(101,102)108-87-90(109-93(98)81-78-75-72-69-66-63-60-57-52-33-30-27-24-21-18-15-12-9-6-3)86-104-92(97)80-77-74-71-68-65-62-59-56-54-51-48-46-39-37-35-32-29-26-23-20-17-14-11-8-5-2/h8-9,11-12,16-21,25-30,34-37,40-41,46,48,52,57,63,66,72,75,88-90,94-95H,4-7,10,13-15,22-24,31-33,38-39,42-45,47,49-51,53-56,58-62,64-65,67-71,73-74,76-87H2,1-3H3,(H,99,100)(H,101,102)/b11-8-,12-9-,19-16-,20-17-,21-18-,28-25-,29-26-,30-27-,36-34-,37-35-,41-40-,48-46-,57-52-,66-63-,75-72-. The summed E-state index contributed by atoms with van der Waals surface area (Å²) in [4.78, 5) is 58.8. The summed E-state index contributed by atoms with van der Waals surface area (Å²) < 4.78 is 61.2. The van der Waals surface area contributed by atoms with Crippen LogP contribution in [-0.2, 0) is 55.8 Å². The number of phosphoric ester groups is 2. The van der Waals surface area contributed by atoms with Gasteiger partial charge in [-0.1, -0.05) is 344 Å². The summed E-state index contributed by atoms with van der Waals surface area (Å²) in [5.74, 6) is -1.69. The zero-order valence-electron chi connectivity index (χ0n) is 69.3. The summed E-state index contributed by atoms with van der Waals surface area (Å²) in [5.41, 5.74) is 0. The lowest BCUT2D eigenvalue weighted by molar-refractivity contribution is -0.161. The molecule has 0 rings (SSSR count). The van der Waals surface area contributed by atoms with Crippen LogP contribution in [0.3, 0.4) is 0 Å². The molecule has 18 heteroatoms. The monoisotopic (exact) mass is 1590 g/mol. The molecule has 0 aromatic heterocycles. The van der Waals surface area contributed by atoms with Crippen LogP contribution in [0.15, 0.2) is 182 Å². The lowest BCUT2D eigenvalue weighted by atomic mass is 10.0. The molecular formula is C93H154O16P2. The second-order valence-corrected chi connectivity index (χ2v) is 31.1. The van der Waals surface area contributed by atoms with Crippen molar-refractivity contribution in [1.82, 2.24) is 0 Å². The fourth-order valence-electron chi connectivity index (χ4n) is 11.1. The zero-order valence-corrected chi connectivity index (χ0v) is 71.1. The molecular weight excluding hydrogens is 1430 g/mol. The van der Waals surface area contributed by atoms with Gasteiger partial charge >= 0.3 is 33.6 Å². The fourth-order valence-corrected chi connectivity index (χ4v) is 12.7. The van der Waals surface area contributed by atoms with Crippen LogP contribution in [0.25, 0.3) is 0 Å². The van der Waals surface area contributed by atoms with Crippen molar-refractivity contribution in [1.29, 1.82) is 0 Å². The smallest absolute Gasteiger partial charge is 0.463 e. The van der Waals surface area contributed by atoms with E-state index in [0.717, 1.165) is 135 Å². The van der Waals surface area contributed by atoms with E-state index in [1.54, 1.807) is 0 Å². The van der Waals surface area contributed by atoms with Crippen LogP contribution in [-0.4, -0.2) is 95.9 Å². The van der Waals surface area contributed by atoms with Crippen molar-refractivity contribution in [3.8, 4) is 0 Å². The average Bonchev–Trinajstić information content (AvgIpc) is 0.885. The second kappa shape index (κ2) is 84.1. The van der Waals surface area contributed by atoms with Crippen molar-refractivity contribution in [2.24, 2.45) is 0 Å². The molecule has 0 aliphatic carbocycles. The van der Waals surface area contributed by atoms with Crippen molar-refractivity contribution < 1.29 is 75.8 Å². The summed E-state index contributed by atoms with van der Waals surface area (Å²) in [5, 5.41) is 20.7. The van der Waals surface area contributed by atoms with E-state index < -0.39 is 91.5 Å². The molecule has 0 aliphatic rings. The van der Waals surface area contributed by atoms with E-state index in [4.69, 9.17) is 32.3 Å². The third kappa shape index (κ3) is 85.4. The van der Waals surface area contributed by atoms with Gasteiger partial charge in [0.25, 0.3) is 0 Å². The zero-order chi connectivity index (χ0) is 80.8. The van der Waals surface area contributed by atoms with Crippen molar-refractivity contribution in [3.05, 3.63) is 182 Å². The molecule has 0 saturated heterocycles. The Balaban J connectivity index is 4.62. The summed E-state index contributed by atoms with van der Waals surface area (Å²) in [6, 6.07) is 0. The van der Waals surface area contributed by atoms with Crippen molar-refractivity contribution in [2.75, 3.05) is 39.6 Å². The molecule has 0 heterocycles. The lowest BCUT2D eigenvalue weighted by Gasteiger charge is -2.21. The molecule has 4 N–H and O–H groups in total. The number of aliphatic hydroxyl groups is 2. The van der Waals surface area contributed by atoms with Crippen molar-refractivity contribution in [3.63, 3.8) is 0 Å². The van der Waals surface area contributed by atoms with Gasteiger partial charge in [-0.2, -0.15) is 0 Å². The molecule has 16 nitrogen and oxygen atoms in total. The van der Waals surface area contributed by atoms with Crippen LogP contribution < -0.4 is 0 Å². The normalized spacial score (nSPS) is 14.8. The molecule has 0 aromatic carbocycles. The van der Waals surface area contributed by atoms with Gasteiger partial charge in [-0.3, -0.25) is 32.5 Å². The molecule has 0 aliphatic heterocycles. The van der Waals surface area contributed by atoms with Gasteiger partial charge < -0.3 is 34.2 Å². The Hall–Kier alpha value is -5.35. The van der Waals surface area contributed by atoms with E-state index in [1.807, 2.05) is 18.2 Å². The summed E-state index contributed by atoms with van der Waals surface area (Å²) in [6.07, 6.45) is 110. The number of hydrogen-bond acceptors (Lipinski definition) is 14. The maximum atomic E-state index is 13.0. The number of carbonyl (C=O) groups is 3. The highest BCUT2D eigenvalue weighted by Gasteiger charge is 2.29. The highest BCUT2D eigenvalue weighted by molar-refractivity contribution is 7.47. The topological polar surface area (TPSA) is 231 Å². The van der Waals surface area contributed by atoms with E-state index in [2.05, 4.69) is 185 Å². The van der Waals surface area contributed by atoms with Gasteiger partial charge in [-0.25, -0.2) is 9.13 Å². The Labute approximate surface area is 675 Å². The molecule has 5 atom stereocenters. The second-order valence-electron chi connectivity index (χ2n) is 28.2. The first-order chi connectivity index (χ1) is 54.2. The number of aliphatic hydroxyl groups excluding tert-OH is 2. The molecule has 0 fully saturated rings. The van der Waals surface area contributed by atoms with Gasteiger partial charge in [0.2, 0.25) is 0 Å². The molecule has 0 saturated carbocycles. The van der Waals surface area contributed by atoms with E-state index in [0.29, 0.717) is 25.7 Å². The van der Waals surface area contributed by atoms with Crippen molar-refractivity contribution in [2.45, 2.75) is 347 Å². The fraction of sp³-hybridized carbons (Fsp3) is 0.645. The number of carbonyl (C=O) groups excluding carboxylic acids is 3. The quantitative estimate of drug-likeness (QED) is 0.0146. The number of unbranched alkanes of at least 4 members (excludes halogenated alkanes) is 27. The highest BCUT2D eigenvalue weighted by Crippen LogP contribution is 2.45. The predicted octanol–water partition coefficient (Wildman–Crippen LogP) is 26.1. The van der Waals surface area contributed by atoms with Gasteiger partial charge in [0.05, 0.1) is 26.4 Å².